The van der Waals surface area contributed by atoms with E-state index >= 15 is 0 Å². The highest BCUT2D eigenvalue weighted by molar-refractivity contribution is 6.06. The normalized spacial score (nSPS) is 10.8. The molecular weight excluding hydrogens is 258 g/mol. The quantitative estimate of drug-likeness (QED) is 0.268. The second-order valence-corrected chi connectivity index (χ2v) is 4.15. The lowest BCUT2D eigenvalue weighted by molar-refractivity contribution is -0.112. The summed E-state index contributed by atoms with van der Waals surface area (Å²) < 4.78 is 0. The standard InChI is InChI=1S/C14H17N3O3/c1-10-7-12(19)3-4-13(10)17-14(20)11(8-15)9-16-5-2-6-18/h3-4,7,9,16,18-19H,2,5-6H2,1H3,(H,17,20)/b11-9-. The third-order valence-corrected chi connectivity index (χ3v) is 2.55. The van der Waals surface area contributed by atoms with Crippen molar-refractivity contribution in [3.8, 4) is 11.8 Å². The van der Waals surface area contributed by atoms with Crippen LogP contribution in [0.2, 0.25) is 0 Å². The van der Waals surface area contributed by atoms with Gasteiger partial charge in [0.15, 0.2) is 0 Å². The SMILES string of the molecule is Cc1cc(O)ccc1NC(=O)/C(C#N)=C\NCCCO. The Morgan fingerprint density at radius 3 is 2.85 bits per heavy atom. The predicted octanol–water partition coefficient (Wildman–Crippen LogP) is 1.02. The van der Waals surface area contributed by atoms with Crippen molar-refractivity contribution in [3.05, 3.63) is 35.5 Å². The molecule has 0 aliphatic carbocycles. The largest absolute Gasteiger partial charge is 0.508 e. The molecule has 4 N–H and O–H groups in total. The number of aliphatic hydroxyl groups is 1. The second-order valence-electron chi connectivity index (χ2n) is 4.15. The lowest BCUT2D eigenvalue weighted by atomic mass is 10.2. The number of carbonyl (C=O) groups is 1. The zero-order valence-corrected chi connectivity index (χ0v) is 11.2. The van der Waals surface area contributed by atoms with E-state index in [4.69, 9.17) is 10.4 Å². The molecule has 106 valence electrons. The summed E-state index contributed by atoms with van der Waals surface area (Å²) in [6.07, 6.45) is 1.86. The fraction of sp³-hybridized carbons (Fsp3) is 0.286. The maximum absolute atomic E-state index is 11.9. The molecule has 0 atom stereocenters. The highest BCUT2D eigenvalue weighted by Gasteiger charge is 2.10. The van der Waals surface area contributed by atoms with Crippen LogP contribution in [-0.4, -0.2) is 29.3 Å². The van der Waals surface area contributed by atoms with E-state index in [2.05, 4.69) is 10.6 Å². The Kier molecular flexibility index (Phi) is 6.07. The van der Waals surface area contributed by atoms with Crippen LogP contribution in [0.5, 0.6) is 5.75 Å². The van der Waals surface area contributed by atoms with Gasteiger partial charge in [-0.25, -0.2) is 0 Å². The lowest BCUT2D eigenvalue weighted by Crippen LogP contribution is -2.18. The molecule has 1 aromatic carbocycles. The molecule has 0 aliphatic heterocycles. The summed E-state index contributed by atoms with van der Waals surface area (Å²) in [5.41, 5.74) is 1.17. The van der Waals surface area contributed by atoms with Gasteiger partial charge in [-0.2, -0.15) is 5.26 Å². The summed E-state index contributed by atoms with van der Waals surface area (Å²) in [6, 6.07) is 6.35. The van der Waals surface area contributed by atoms with Gasteiger partial charge in [0.2, 0.25) is 0 Å². The maximum atomic E-state index is 11.9. The van der Waals surface area contributed by atoms with Gasteiger partial charge in [-0.15, -0.1) is 0 Å². The number of benzene rings is 1. The number of aryl methyl sites for hydroxylation is 1. The summed E-state index contributed by atoms with van der Waals surface area (Å²) in [5.74, 6) is -0.417. The highest BCUT2D eigenvalue weighted by Crippen LogP contribution is 2.20. The van der Waals surface area contributed by atoms with Gasteiger partial charge in [0, 0.05) is 25.0 Å². The Labute approximate surface area is 117 Å². The molecule has 0 bridgehead atoms. The monoisotopic (exact) mass is 275 g/mol. The van der Waals surface area contributed by atoms with Crippen molar-refractivity contribution in [2.75, 3.05) is 18.5 Å². The molecule has 0 fully saturated rings. The Morgan fingerprint density at radius 2 is 2.25 bits per heavy atom. The first-order valence-electron chi connectivity index (χ1n) is 6.14. The number of phenolic OH excluding ortho intramolecular Hbond substituents is 1. The van der Waals surface area contributed by atoms with Gasteiger partial charge in [0.25, 0.3) is 5.91 Å². The van der Waals surface area contributed by atoms with Crippen molar-refractivity contribution in [2.24, 2.45) is 0 Å². The average molecular weight is 275 g/mol. The predicted molar refractivity (Wildman–Crippen MR) is 74.9 cm³/mol. The molecule has 0 aliphatic rings. The average Bonchev–Trinajstić information content (AvgIpc) is 2.42. The number of aliphatic hydroxyl groups excluding tert-OH is 1. The van der Waals surface area contributed by atoms with Crippen LogP contribution >= 0.6 is 0 Å². The minimum Gasteiger partial charge on any atom is -0.508 e. The Morgan fingerprint density at radius 1 is 1.50 bits per heavy atom. The van der Waals surface area contributed by atoms with Gasteiger partial charge in [0.1, 0.15) is 17.4 Å². The van der Waals surface area contributed by atoms with E-state index in [0.29, 0.717) is 24.2 Å². The molecular formula is C14H17N3O3. The summed E-state index contributed by atoms with van der Waals surface area (Å²) in [7, 11) is 0. The van der Waals surface area contributed by atoms with Gasteiger partial charge in [0.05, 0.1) is 0 Å². The molecule has 0 heterocycles. The maximum Gasteiger partial charge on any atom is 0.267 e. The number of carbonyl (C=O) groups excluding carboxylic acids is 1. The van der Waals surface area contributed by atoms with Gasteiger partial charge in [-0.3, -0.25) is 4.79 Å². The van der Waals surface area contributed by atoms with Crippen LogP contribution < -0.4 is 10.6 Å². The van der Waals surface area contributed by atoms with E-state index in [1.807, 2.05) is 0 Å². The van der Waals surface area contributed by atoms with Crippen molar-refractivity contribution in [2.45, 2.75) is 13.3 Å². The van der Waals surface area contributed by atoms with Gasteiger partial charge < -0.3 is 20.8 Å². The third-order valence-electron chi connectivity index (χ3n) is 2.55. The number of nitrogens with zero attached hydrogens (tertiary/aromatic N) is 1. The van der Waals surface area contributed by atoms with Gasteiger partial charge in [-0.05, 0) is 37.1 Å². The molecule has 1 rings (SSSR count). The van der Waals surface area contributed by atoms with Crippen LogP contribution in [0.15, 0.2) is 30.0 Å². The molecule has 0 saturated carbocycles. The zero-order chi connectivity index (χ0) is 15.0. The number of hydrogen-bond donors (Lipinski definition) is 4. The van der Waals surface area contributed by atoms with E-state index in [1.54, 1.807) is 19.1 Å². The Balaban J connectivity index is 2.70. The molecule has 0 unspecified atom stereocenters. The van der Waals surface area contributed by atoms with Crippen molar-refractivity contribution in [3.63, 3.8) is 0 Å². The fourth-order valence-electron chi connectivity index (χ4n) is 1.48. The molecule has 0 radical (unpaired) electrons. The summed E-state index contributed by atoms with van der Waals surface area (Å²) in [6.45, 7) is 2.26. The molecule has 20 heavy (non-hydrogen) atoms. The Bertz CT molecular complexity index is 547. The molecule has 6 nitrogen and oxygen atoms in total. The summed E-state index contributed by atoms with van der Waals surface area (Å²) in [4.78, 5) is 11.9. The van der Waals surface area contributed by atoms with E-state index < -0.39 is 5.91 Å². The van der Waals surface area contributed by atoms with Gasteiger partial charge >= 0.3 is 0 Å². The lowest BCUT2D eigenvalue weighted by Gasteiger charge is -2.08. The number of anilines is 1. The van der Waals surface area contributed by atoms with Crippen molar-refractivity contribution >= 4 is 11.6 Å². The number of aromatic hydroxyl groups is 1. The first-order chi connectivity index (χ1) is 9.58. The van der Waals surface area contributed by atoms with Crippen LogP contribution in [0.4, 0.5) is 5.69 Å². The summed E-state index contributed by atoms with van der Waals surface area (Å²) >= 11 is 0. The molecule has 0 aromatic heterocycles. The van der Waals surface area contributed by atoms with Crippen LogP contribution in [0.1, 0.15) is 12.0 Å². The van der Waals surface area contributed by atoms with Crippen LogP contribution in [0, 0.1) is 18.3 Å². The number of rotatable bonds is 6. The molecule has 0 saturated heterocycles. The molecule has 1 amide bonds. The van der Waals surface area contributed by atoms with E-state index in [0.717, 1.165) is 0 Å². The fourth-order valence-corrected chi connectivity index (χ4v) is 1.48. The number of nitrogens with one attached hydrogen (secondary N) is 2. The van der Waals surface area contributed by atoms with Crippen molar-refractivity contribution < 1.29 is 15.0 Å². The second kappa shape index (κ2) is 7.81. The number of nitriles is 1. The van der Waals surface area contributed by atoms with Crippen LogP contribution in [0.3, 0.4) is 0 Å². The Hall–Kier alpha value is -2.52. The number of hydrogen-bond acceptors (Lipinski definition) is 5. The van der Waals surface area contributed by atoms with Gasteiger partial charge in [-0.1, -0.05) is 0 Å². The van der Waals surface area contributed by atoms with E-state index in [9.17, 15) is 9.90 Å². The smallest absolute Gasteiger partial charge is 0.267 e. The first kappa shape index (κ1) is 15.5. The molecule has 1 aromatic rings. The number of amides is 1. The van der Waals surface area contributed by atoms with Crippen LogP contribution in [-0.2, 0) is 4.79 Å². The highest BCUT2D eigenvalue weighted by atomic mass is 16.3. The minimum atomic E-state index is -0.530. The first-order valence-corrected chi connectivity index (χ1v) is 6.14. The topological polar surface area (TPSA) is 105 Å². The third kappa shape index (κ3) is 4.63. The summed E-state index contributed by atoms with van der Waals surface area (Å²) in [5, 5.41) is 32.2. The van der Waals surface area contributed by atoms with Crippen molar-refractivity contribution in [1.82, 2.24) is 5.32 Å². The zero-order valence-electron chi connectivity index (χ0n) is 11.2. The van der Waals surface area contributed by atoms with Crippen molar-refractivity contribution in [1.29, 1.82) is 5.26 Å². The molecule has 6 heteroatoms. The van der Waals surface area contributed by atoms with Crippen LogP contribution in [0.25, 0.3) is 0 Å². The van der Waals surface area contributed by atoms with E-state index in [-0.39, 0.29) is 17.9 Å². The van der Waals surface area contributed by atoms with E-state index in [1.165, 1.54) is 18.3 Å². The minimum absolute atomic E-state index is 0.0433. The molecule has 0 spiro atoms. The number of phenols is 1.